The number of hydrogen-bond donors (Lipinski definition) is 0. The van der Waals surface area contributed by atoms with Crippen LogP contribution < -0.4 is 4.84 Å². The molecule has 0 aromatic carbocycles. The van der Waals surface area contributed by atoms with Crippen LogP contribution in [0.15, 0.2) is 24.4 Å². The standard InChI is InChI=1S/C10H11NO2S/c12-10(8-4-3-5-8)13-11-7-2-1-6-9(11)14/h1-2,6-8H,3-5H2. The third-order valence-corrected chi connectivity index (χ3v) is 2.73. The third kappa shape index (κ3) is 1.85. The molecule has 1 saturated carbocycles. The lowest BCUT2D eigenvalue weighted by molar-refractivity contribution is -0.152. The Kier molecular flexibility index (Phi) is 2.63. The van der Waals surface area contributed by atoms with E-state index in [-0.39, 0.29) is 11.9 Å². The van der Waals surface area contributed by atoms with E-state index in [1.807, 2.05) is 6.07 Å². The van der Waals surface area contributed by atoms with Crippen molar-refractivity contribution in [1.29, 1.82) is 0 Å². The second-order valence-electron chi connectivity index (χ2n) is 3.40. The minimum absolute atomic E-state index is 0.0807. The van der Waals surface area contributed by atoms with Gasteiger partial charge in [0, 0.05) is 6.20 Å². The van der Waals surface area contributed by atoms with Gasteiger partial charge in [0.25, 0.3) is 0 Å². The zero-order valence-electron chi connectivity index (χ0n) is 7.68. The average Bonchev–Trinajstić information content (AvgIpc) is 2.05. The van der Waals surface area contributed by atoms with Crippen LogP contribution in [0.5, 0.6) is 0 Å². The van der Waals surface area contributed by atoms with Gasteiger partial charge in [-0.15, -0.1) is 0 Å². The maximum absolute atomic E-state index is 11.5. The highest BCUT2D eigenvalue weighted by atomic mass is 32.1. The predicted octanol–water partition coefficient (Wildman–Crippen LogP) is 1.97. The van der Waals surface area contributed by atoms with Crippen LogP contribution in [-0.4, -0.2) is 10.7 Å². The van der Waals surface area contributed by atoms with E-state index in [2.05, 4.69) is 0 Å². The molecule has 0 unspecified atom stereocenters. The minimum atomic E-state index is -0.168. The van der Waals surface area contributed by atoms with Crippen LogP contribution in [0.3, 0.4) is 0 Å². The van der Waals surface area contributed by atoms with Gasteiger partial charge in [0.1, 0.15) is 4.64 Å². The Morgan fingerprint density at radius 2 is 2.29 bits per heavy atom. The van der Waals surface area contributed by atoms with Gasteiger partial charge in [0.2, 0.25) is 0 Å². The lowest BCUT2D eigenvalue weighted by Crippen LogP contribution is -2.31. The SMILES string of the molecule is O=C(On1ccccc1=S)C1CCC1. The monoisotopic (exact) mass is 209 g/mol. The number of rotatable bonds is 2. The number of aromatic nitrogens is 1. The summed E-state index contributed by atoms with van der Waals surface area (Å²) in [5.74, 6) is -0.0874. The zero-order valence-corrected chi connectivity index (χ0v) is 8.50. The summed E-state index contributed by atoms with van der Waals surface area (Å²) in [6.07, 6.45) is 4.66. The Bertz CT molecular complexity index is 395. The van der Waals surface area contributed by atoms with Gasteiger partial charge in [-0.05, 0) is 25.0 Å². The fourth-order valence-corrected chi connectivity index (χ4v) is 1.48. The highest BCUT2D eigenvalue weighted by Gasteiger charge is 2.27. The summed E-state index contributed by atoms with van der Waals surface area (Å²) in [6, 6.07) is 5.32. The fraction of sp³-hybridized carbons (Fsp3) is 0.400. The van der Waals surface area contributed by atoms with E-state index in [1.165, 1.54) is 4.73 Å². The first kappa shape index (κ1) is 9.40. The number of hydrogen-bond acceptors (Lipinski definition) is 3. The summed E-state index contributed by atoms with van der Waals surface area (Å²) in [5, 5.41) is 0. The molecule has 1 aliphatic rings. The van der Waals surface area contributed by atoms with Gasteiger partial charge in [0.05, 0.1) is 5.92 Å². The van der Waals surface area contributed by atoms with Crippen LogP contribution >= 0.6 is 12.2 Å². The molecule has 4 heteroatoms. The van der Waals surface area contributed by atoms with E-state index in [9.17, 15) is 4.79 Å². The Balaban J connectivity index is 2.06. The molecule has 0 bridgehead atoms. The third-order valence-electron chi connectivity index (χ3n) is 2.42. The Hall–Kier alpha value is -1.16. The van der Waals surface area contributed by atoms with Gasteiger partial charge in [-0.2, -0.15) is 4.73 Å². The zero-order chi connectivity index (χ0) is 9.97. The van der Waals surface area contributed by atoms with Gasteiger partial charge in [-0.25, -0.2) is 4.79 Å². The van der Waals surface area contributed by atoms with Crippen molar-refractivity contribution in [3.8, 4) is 0 Å². The molecule has 3 nitrogen and oxygen atoms in total. The molecule has 1 heterocycles. The van der Waals surface area contributed by atoms with Crippen molar-refractivity contribution >= 4 is 18.2 Å². The Morgan fingerprint density at radius 3 is 2.86 bits per heavy atom. The molecule has 2 rings (SSSR count). The highest BCUT2D eigenvalue weighted by molar-refractivity contribution is 7.71. The maximum Gasteiger partial charge on any atom is 0.335 e. The van der Waals surface area contributed by atoms with E-state index in [0.29, 0.717) is 4.64 Å². The first-order valence-electron chi connectivity index (χ1n) is 4.67. The quantitative estimate of drug-likeness (QED) is 0.698. The molecule has 0 radical (unpaired) electrons. The van der Waals surface area contributed by atoms with Crippen molar-refractivity contribution in [3.63, 3.8) is 0 Å². The van der Waals surface area contributed by atoms with Crippen molar-refractivity contribution < 1.29 is 9.63 Å². The smallest absolute Gasteiger partial charge is 0.335 e. The molecule has 0 amide bonds. The highest BCUT2D eigenvalue weighted by Crippen LogP contribution is 2.26. The fourth-order valence-electron chi connectivity index (χ4n) is 1.30. The van der Waals surface area contributed by atoms with Gasteiger partial charge < -0.3 is 4.84 Å². The Morgan fingerprint density at radius 1 is 1.50 bits per heavy atom. The number of carbonyl (C=O) groups excluding carboxylic acids is 1. The van der Waals surface area contributed by atoms with Gasteiger partial charge in [0.15, 0.2) is 0 Å². The first-order valence-corrected chi connectivity index (χ1v) is 5.08. The Labute approximate surface area is 87.3 Å². The topological polar surface area (TPSA) is 31.2 Å². The predicted molar refractivity (Wildman–Crippen MR) is 54.2 cm³/mol. The first-order chi connectivity index (χ1) is 6.77. The summed E-state index contributed by atoms with van der Waals surface area (Å²) < 4.78 is 1.86. The second kappa shape index (κ2) is 3.92. The molecule has 0 aliphatic heterocycles. The van der Waals surface area contributed by atoms with Gasteiger partial charge >= 0.3 is 5.97 Å². The van der Waals surface area contributed by atoms with Crippen molar-refractivity contribution in [2.75, 3.05) is 0 Å². The molecule has 1 aliphatic carbocycles. The van der Waals surface area contributed by atoms with Crippen LogP contribution in [0.25, 0.3) is 0 Å². The molecule has 1 fully saturated rings. The molecule has 0 N–H and O–H groups in total. The van der Waals surface area contributed by atoms with E-state index in [0.717, 1.165) is 19.3 Å². The lowest BCUT2D eigenvalue weighted by atomic mass is 9.86. The van der Waals surface area contributed by atoms with Crippen molar-refractivity contribution in [2.45, 2.75) is 19.3 Å². The summed E-state index contributed by atoms with van der Waals surface area (Å²) in [5.41, 5.74) is 0. The molecule has 1 aromatic heterocycles. The molecular formula is C10H11NO2S. The minimum Gasteiger partial charge on any atom is -0.335 e. The second-order valence-corrected chi connectivity index (χ2v) is 3.82. The maximum atomic E-state index is 11.5. The normalized spacial score (nSPS) is 16.0. The molecular weight excluding hydrogens is 198 g/mol. The molecule has 1 aromatic rings. The largest absolute Gasteiger partial charge is 0.335 e. The number of pyridine rings is 1. The molecule has 0 spiro atoms. The van der Waals surface area contributed by atoms with E-state index < -0.39 is 0 Å². The van der Waals surface area contributed by atoms with E-state index >= 15 is 0 Å². The number of carbonyl (C=O) groups is 1. The molecule has 0 saturated heterocycles. The van der Waals surface area contributed by atoms with Crippen molar-refractivity contribution in [3.05, 3.63) is 29.0 Å². The van der Waals surface area contributed by atoms with Crippen LogP contribution in [0.2, 0.25) is 0 Å². The molecule has 74 valence electrons. The average molecular weight is 209 g/mol. The van der Waals surface area contributed by atoms with Gasteiger partial charge in [-0.3, -0.25) is 0 Å². The number of nitrogens with zero attached hydrogens (tertiary/aromatic N) is 1. The van der Waals surface area contributed by atoms with Crippen LogP contribution in [0.1, 0.15) is 19.3 Å². The van der Waals surface area contributed by atoms with E-state index in [1.54, 1.807) is 18.3 Å². The van der Waals surface area contributed by atoms with Crippen LogP contribution in [0.4, 0.5) is 0 Å². The van der Waals surface area contributed by atoms with Crippen LogP contribution in [-0.2, 0) is 4.79 Å². The van der Waals surface area contributed by atoms with E-state index in [4.69, 9.17) is 17.1 Å². The molecule has 0 atom stereocenters. The summed E-state index contributed by atoms with van der Waals surface area (Å²) in [6.45, 7) is 0. The van der Waals surface area contributed by atoms with Crippen LogP contribution in [0, 0.1) is 10.6 Å². The van der Waals surface area contributed by atoms with Gasteiger partial charge in [-0.1, -0.05) is 24.7 Å². The van der Waals surface area contributed by atoms with Crippen molar-refractivity contribution in [2.24, 2.45) is 5.92 Å². The van der Waals surface area contributed by atoms with Crippen molar-refractivity contribution in [1.82, 2.24) is 4.73 Å². The lowest BCUT2D eigenvalue weighted by Gasteiger charge is -2.22. The summed E-state index contributed by atoms with van der Waals surface area (Å²) >= 11 is 5.00. The summed E-state index contributed by atoms with van der Waals surface area (Å²) in [7, 11) is 0. The molecule has 14 heavy (non-hydrogen) atoms. The summed E-state index contributed by atoms with van der Waals surface area (Å²) in [4.78, 5) is 16.6.